The molecule has 2 aromatic rings. The van der Waals surface area contributed by atoms with E-state index in [4.69, 9.17) is 18.9 Å². The first-order valence-corrected chi connectivity index (χ1v) is 7.93. The average molecular weight is 367 g/mol. The topological polar surface area (TPSA) is 109 Å². The molecule has 0 aliphatic heterocycles. The summed E-state index contributed by atoms with van der Waals surface area (Å²) in [6, 6.07) is 3.01. The minimum Gasteiger partial charge on any atom is -0.496 e. The van der Waals surface area contributed by atoms with Gasteiger partial charge in [0.1, 0.15) is 5.75 Å². The molecule has 0 saturated carbocycles. The molecule has 2 rings (SSSR count). The standard InChI is InChI=1S/C15H17N3O6S/c1-5-24-15(20)12-14(25-18-17-12)16-13(19)8-6-10(22-3)11(23-4)7-9(8)21-2/h6-7H,5H2,1-4H3,(H,16,19). The van der Waals surface area contributed by atoms with E-state index in [1.54, 1.807) is 6.92 Å². The van der Waals surface area contributed by atoms with Crippen LogP contribution in [-0.4, -0.2) is 49.4 Å². The van der Waals surface area contributed by atoms with Crippen LogP contribution in [0.4, 0.5) is 5.00 Å². The Bertz CT molecular complexity index is 777. The zero-order valence-electron chi connectivity index (χ0n) is 14.1. The monoisotopic (exact) mass is 367 g/mol. The molecule has 134 valence electrons. The Morgan fingerprint density at radius 1 is 1.08 bits per heavy atom. The maximum absolute atomic E-state index is 12.6. The van der Waals surface area contributed by atoms with Gasteiger partial charge in [-0.2, -0.15) is 0 Å². The lowest BCUT2D eigenvalue weighted by atomic mass is 10.1. The van der Waals surface area contributed by atoms with Crippen molar-refractivity contribution in [1.29, 1.82) is 0 Å². The summed E-state index contributed by atoms with van der Waals surface area (Å²) >= 11 is 0.867. The highest BCUT2D eigenvalue weighted by molar-refractivity contribution is 7.10. The highest BCUT2D eigenvalue weighted by atomic mass is 32.1. The SMILES string of the molecule is CCOC(=O)c1nnsc1NC(=O)c1cc(OC)c(OC)cc1OC. The van der Waals surface area contributed by atoms with Gasteiger partial charge >= 0.3 is 5.97 Å². The Balaban J connectivity index is 2.33. The van der Waals surface area contributed by atoms with Crippen molar-refractivity contribution in [3.05, 3.63) is 23.4 Å². The van der Waals surface area contributed by atoms with Gasteiger partial charge in [-0.15, -0.1) is 5.10 Å². The quantitative estimate of drug-likeness (QED) is 0.740. The molecule has 0 spiro atoms. The Hall–Kier alpha value is -2.88. The van der Waals surface area contributed by atoms with Gasteiger partial charge in [-0.25, -0.2) is 4.79 Å². The number of hydrogen-bond acceptors (Lipinski definition) is 9. The molecule has 1 amide bonds. The van der Waals surface area contributed by atoms with E-state index < -0.39 is 11.9 Å². The molecule has 25 heavy (non-hydrogen) atoms. The molecular formula is C15H17N3O6S. The third kappa shape index (κ3) is 3.97. The van der Waals surface area contributed by atoms with Gasteiger partial charge in [0.2, 0.25) is 5.69 Å². The fourth-order valence-electron chi connectivity index (χ4n) is 1.98. The second-order valence-corrected chi connectivity index (χ2v) is 5.29. The molecule has 9 nitrogen and oxygen atoms in total. The van der Waals surface area contributed by atoms with Crippen LogP contribution >= 0.6 is 11.5 Å². The van der Waals surface area contributed by atoms with Crippen molar-refractivity contribution in [2.24, 2.45) is 0 Å². The maximum atomic E-state index is 12.6. The lowest BCUT2D eigenvalue weighted by molar-refractivity contribution is 0.0520. The molecular weight excluding hydrogens is 350 g/mol. The molecule has 1 heterocycles. The molecule has 0 radical (unpaired) electrons. The number of anilines is 1. The minimum absolute atomic E-state index is 0.0559. The Labute approximate surface area is 148 Å². The molecule has 0 aliphatic rings. The van der Waals surface area contributed by atoms with Crippen molar-refractivity contribution in [3.63, 3.8) is 0 Å². The normalized spacial score (nSPS) is 10.1. The zero-order chi connectivity index (χ0) is 18.4. The summed E-state index contributed by atoms with van der Waals surface area (Å²) in [6.45, 7) is 1.86. The maximum Gasteiger partial charge on any atom is 0.362 e. The molecule has 1 N–H and O–H groups in total. The van der Waals surface area contributed by atoms with Crippen molar-refractivity contribution >= 4 is 28.4 Å². The summed E-state index contributed by atoms with van der Waals surface area (Å²) < 4.78 is 24.2. The van der Waals surface area contributed by atoms with Gasteiger partial charge in [-0.05, 0) is 6.92 Å². The van der Waals surface area contributed by atoms with Gasteiger partial charge in [0, 0.05) is 23.7 Å². The molecule has 0 bridgehead atoms. The molecule has 0 aliphatic carbocycles. The number of nitrogens with zero attached hydrogens (tertiary/aromatic N) is 2. The third-order valence-corrected chi connectivity index (χ3v) is 3.78. The van der Waals surface area contributed by atoms with Crippen molar-refractivity contribution in [2.45, 2.75) is 6.92 Å². The number of carbonyl (C=O) groups excluding carboxylic acids is 2. The van der Waals surface area contributed by atoms with E-state index in [1.165, 1.54) is 33.5 Å². The van der Waals surface area contributed by atoms with E-state index in [0.717, 1.165) is 11.5 Å². The second kappa shape index (κ2) is 8.29. The number of nitrogens with one attached hydrogen (secondary N) is 1. The summed E-state index contributed by atoms with van der Waals surface area (Å²) in [5.74, 6) is -0.116. The van der Waals surface area contributed by atoms with Crippen LogP contribution < -0.4 is 19.5 Å². The summed E-state index contributed by atoms with van der Waals surface area (Å²) in [7, 11) is 4.36. The van der Waals surface area contributed by atoms with Crippen LogP contribution in [0, 0.1) is 0 Å². The Morgan fingerprint density at radius 2 is 1.72 bits per heavy atom. The number of aromatic nitrogens is 2. The summed E-state index contributed by atoms with van der Waals surface area (Å²) in [5, 5.41) is 6.46. The first-order valence-electron chi connectivity index (χ1n) is 7.16. The van der Waals surface area contributed by atoms with Crippen molar-refractivity contribution in [3.8, 4) is 17.2 Å². The van der Waals surface area contributed by atoms with E-state index in [-0.39, 0.29) is 28.6 Å². The highest BCUT2D eigenvalue weighted by Crippen LogP contribution is 2.35. The van der Waals surface area contributed by atoms with Crippen LogP contribution in [0.5, 0.6) is 17.2 Å². The predicted octanol–water partition coefficient (Wildman–Crippen LogP) is 1.99. The number of esters is 1. The largest absolute Gasteiger partial charge is 0.496 e. The van der Waals surface area contributed by atoms with E-state index in [2.05, 4.69) is 14.9 Å². The van der Waals surface area contributed by atoms with E-state index in [9.17, 15) is 9.59 Å². The predicted molar refractivity (Wildman–Crippen MR) is 89.9 cm³/mol. The van der Waals surface area contributed by atoms with Gasteiger partial charge in [0.15, 0.2) is 16.5 Å². The second-order valence-electron chi connectivity index (χ2n) is 4.53. The van der Waals surface area contributed by atoms with Crippen LogP contribution in [0.15, 0.2) is 12.1 Å². The first-order chi connectivity index (χ1) is 12.0. The van der Waals surface area contributed by atoms with Gasteiger partial charge in [0.05, 0.1) is 33.5 Å². The molecule has 1 aromatic carbocycles. The molecule has 10 heteroatoms. The van der Waals surface area contributed by atoms with Crippen LogP contribution in [0.25, 0.3) is 0 Å². The Kier molecular flexibility index (Phi) is 6.12. The van der Waals surface area contributed by atoms with Crippen LogP contribution in [0.3, 0.4) is 0 Å². The van der Waals surface area contributed by atoms with Crippen LogP contribution in [-0.2, 0) is 4.74 Å². The van der Waals surface area contributed by atoms with Crippen molar-refractivity contribution < 1.29 is 28.5 Å². The zero-order valence-corrected chi connectivity index (χ0v) is 14.9. The minimum atomic E-state index is -0.661. The van der Waals surface area contributed by atoms with Gasteiger partial charge in [0.25, 0.3) is 5.91 Å². The number of hydrogen-bond donors (Lipinski definition) is 1. The summed E-state index contributed by atoms with van der Waals surface area (Å²) in [6.07, 6.45) is 0. The lowest BCUT2D eigenvalue weighted by Gasteiger charge is -2.13. The van der Waals surface area contributed by atoms with E-state index in [1.807, 2.05) is 0 Å². The summed E-state index contributed by atoms with van der Waals surface area (Å²) in [4.78, 5) is 24.4. The van der Waals surface area contributed by atoms with Gasteiger partial charge < -0.3 is 24.3 Å². The third-order valence-electron chi connectivity index (χ3n) is 3.13. The summed E-state index contributed by atoms with van der Waals surface area (Å²) in [5.41, 5.74) is 0.142. The molecule has 1 aromatic heterocycles. The van der Waals surface area contributed by atoms with Crippen molar-refractivity contribution in [1.82, 2.24) is 9.59 Å². The number of rotatable bonds is 7. The first kappa shape index (κ1) is 18.5. The fraction of sp³-hybridized carbons (Fsp3) is 0.333. The Morgan fingerprint density at radius 3 is 2.32 bits per heavy atom. The number of ether oxygens (including phenoxy) is 4. The smallest absolute Gasteiger partial charge is 0.362 e. The molecule has 0 fully saturated rings. The van der Waals surface area contributed by atoms with Crippen molar-refractivity contribution in [2.75, 3.05) is 33.3 Å². The number of benzene rings is 1. The lowest BCUT2D eigenvalue weighted by Crippen LogP contribution is -2.16. The van der Waals surface area contributed by atoms with Gasteiger partial charge in [-0.1, -0.05) is 4.49 Å². The van der Waals surface area contributed by atoms with Gasteiger partial charge in [-0.3, -0.25) is 4.79 Å². The van der Waals surface area contributed by atoms with Crippen LogP contribution in [0.1, 0.15) is 27.8 Å². The number of methoxy groups -OCH3 is 3. The fourth-order valence-corrected chi connectivity index (χ4v) is 2.54. The van der Waals surface area contributed by atoms with E-state index >= 15 is 0 Å². The molecule has 0 saturated heterocycles. The highest BCUT2D eigenvalue weighted by Gasteiger charge is 2.23. The molecule has 0 unspecified atom stereocenters. The van der Waals surface area contributed by atoms with E-state index in [0.29, 0.717) is 11.5 Å². The molecule has 0 atom stereocenters. The van der Waals surface area contributed by atoms with Crippen LogP contribution in [0.2, 0.25) is 0 Å². The number of amides is 1. The average Bonchev–Trinajstić information content (AvgIpc) is 3.08. The number of carbonyl (C=O) groups is 2.